The highest BCUT2D eigenvalue weighted by Crippen LogP contribution is 2.62. The van der Waals surface area contributed by atoms with Crippen LogP contribution in [0.5, 0.6) is 0 Å². The van der Waals surface area contributed by atoms with Crippen molar-refractivity contribution in [2.24, 2.45) is 0 Å². The molecule has 0 saturated carbocycles. The van der Waals surface area contributed by atoms with E-state index in [1.54, 1.807) is 0 Å². The van der Waals surface area contributed by atoms with Crippen molar-refractivity contribution in [2.75, 3.05) is 19.0 Å². The van der Waals surface area contributed by atoms with Gasteiger partial charge in [0.1, 0.15) is 0 Å². The van der Waals surface area contributed by atoms with Crippen molar-refractivity contribution in [1.82, 2.24) is 0 Å². The number of benzene rings is 4. The molecule has 28 heavy (non-hydrogen) atoms. The van der Waals surface area contributed by atoms with Gasteiger partial charge in [0.25, 0.3) is 0 Å². The lowest BCUT2D eigenvalue weighted by molar-refractivity contribution is 0.793. The molecule has 0 amide bonds. The van der Waals surface area contributed by atoms with Crippen LogP contribution in [0.15, 0.2) is 91.0 Å². The van der Waals surface area contributed by atoms with Crippen molar-refractivity contribution >= 4 is 5.69 Å². The smallest absolute Gasteiger partial charge is 0.0725 e. The van der Waals surface area contributed by atoms with Crippen LogP contribution in [0.1, 0.15) is 22.3 Å². The lowest BCUT2D eigenvalue weighted by Gasteiger charge is -2.30. The summed E-state index contributed by atoms with van der Waals surface area (Å²) in [7, 11) is 4.22. The van der Waals surface area contributed by atoms with E-state index in [1.807, 2.05) is 0 Å². The summed E-state index contributed by atoms with van der Waals surface area (Å²) in [5.74, 6) is 0. The molecule has 0 N–H and O–H groups in total. The van der Waals surface area contributed by atoms with Crippen LogP contribution in [0.4, 0.5) is 5.69 Å². The standard InChI is InChI=1S/C27H21N/c1-28(2)18-15-16-26-22(17-18)21-11-5-8-14-25(21)27(26)23-12-6-3-9-19(23)20-10-4-7-13-24(20)27/h3-17H,1-2H3. The van der Waals surface area contributed by atoms with Crippen LogP contribution < -0.4 is 4.90 Å². The predicted octanol–water partition coefficient (Wildman–Crippen LogP) is 6.10. The van der Waals surface area contributed by atoms with Gasteiger partial charge in [-0.15, -0.1) is 0 Å². The van der Waals surface area contributed by atoms with Gasteiger partial charge in [-0.3, -0.25) is 0 Å². The first-order valence-electron chi connectivity index (χ1n) is 9.84. The average molecular weight is 359 g/mol. The maximum absolute atomic E-state index is 2.35. The molecule has 1 nitrogen and oxygen atoms in total. The van der Waals surface area contributed by atoms with Gasteiger partial charge in [0.2, 0.25) is 0 Å². The van der Waals surface area contributed by atoms with Gasteiger partial charge in [-0.05, 0) is 56.6 Å². The van der Waals surface area contributed by atoms with Crippen molar-refractivity contribution in [3.8, 4) is 22.3 Å². The normalized spacial score (nSPS) is 14.4. The summed E-state index contributed by atoms with van der Waals surface area (Å²) >= 11 is 0. The van der Waals surface area contributed by atoms with E-state index in [2.05, 4.69) is 110 Å². The second-order valence-electron chi connectivity index (χ2n) is 8.01. The minimum Gasteiger partial charge on any atom is -0.378 e. The van der Waals surface area contributed by atoms with Crippen molar-refractivity contribution in [3.63, 3.8) is 0 Å². The fourth-order valence-corrected chi connectivity index (χ4v) is 5.37. The zero-order valence-corrected chi connectivity index (χ0v) is 16.1. The molecule has 4 aromatic rings. The van der Waals surface area contributed by atoms with Crippen molar-refractivity contribution in [1.29, 1.82) is 0 Å². The van der Waals surface area contributed by atoms with E-state index in [-0.39, 0.29) is 5.41 Å². The molecule has 1 spiro atoms. The second-order valence-corrected chi connectivity index (χ2v) is 8.01. The molecule has 0 fully saturated rings. The Morgan fingerprint density at radius 1 is 0.500 bits per heavy atom. The maximum atomic E-state index is 2.35. The largest absolute Gasteiger partial charge is 0.378 e. The molecule has 0 unspecified atom stereocenters. The molecule has 134 valence electrons. The summed E-state index contributed by atoms with van der Waals surface area (Å²) in [6.45, 7) is 0. The van der Waals surface area contributed by atoms with Crippen LogP contribution in [0.2, 0.25) is 0 Å². The fraction of sp³-hybridized carbons (Fsp3) is 0.111. The van der Waals surface area contributed by atoms with E-state index >= 15 is 0 Å². The van der Waals surface area contributed by atoms with Crippen molar-refractivity contribution < 1.29 is 0 Å². The molecule has 4 aromatic carbocycles. The zero-order chi connectivity index (χ0) is 18.9. The molecule has 0 radical (unpaired) electrons. The van der Waals surface area contributed by atoms with Gasteiger partial charge in [0, 0.05) is 19.8 Å². The van der Waals surface area contributed by atoms with Gasteiger partial charge in [-0.25, -0.2) is 0 Å². The molecule has 0 heterocycles. The molecule has 0 atom stereocenters. The Bertz CT molecular complexity index is 1200. The molecular formula is C27H21N. The fourth-order valence-electron chi connectivity index (χ4n) is 5.37. The molecule has 0 bridgehead atoms. The Balaban J connectivity index is 1.81. The average Bonchev–Trinajstić information content (AvgIpc) is 3.21. The SMILES string of the molecule is CN(C)c1ccc2c(c1)-c1ccccc1C21c2ccccc2-c2ccccc21. The number of nitrogens with zero attached hydrogens (tertiary/aromatic N) is 1. The van der Waals surface area contributed by atoms with Gasteiger partial charge in [-0.1, -0.05) is 78.9 Å². The lowest BCUT2D eigenvalue weighted by Crippen LogP contribution is -2.25. The van der Waals surface area contributed by atoms with Crippen LogP contribution in [0.3, 0.4) is 0 Å². The molecule has 6 rings (SSSR count). The highest BCUT2D eigenvalue weighted by Gasteiger charge is 2.51. The molecule has 0 aromatic heterocycles. The summed E-state index contributed by atoms with van der Waals surface area (Å²) in [6, 6.07) is 33.8. The molecule has 2 aliphatic carbocycles. The van der Waals surface area contributed by atoms with Crippen LogP contribution in [-0.4, -0.2) is 14.1 Å². The Labute approximate surface area is 165 Å². The summed E-state index contributed by atoms with van der Waals surface area (Å²) in [5.41, 5.74) is 12.1. The van der Waals surface area contributed by atoms with Gasteiger partial charge in [-0.2, -0.15) is 0 Å². The van der Waals surface area contributed by atoms with E-state index in [1.165, 1.54) is 50.2 Å². The number of fused-ring (bicyclic) bond motifs is 10. The highest BCUT2D eigenvalue weighted by molar-refractivity contribution is 5.95. The maximum Gasteiger partial charge on any atom is 0.0725 e. The first kappa shape index (κ1) is 15.7. The highest BCUT2D eigenvalue weighted by atomic mass is 15.1. The Morgan fingerprint density at radius 3 is 1.43 bits per heavy atom. The topological polar surface area (TPSA) is 3.24 Å². The van der Waals surface area contributed by atoms with E-state index in [0.29, 0.717) is 0 Å². The third kappa shape index (κ3) is 1.72. The van der Waals surface area contributed by atoms with Crippen molar-refractivity contribution in [3.05, 3.63) is 113 Å². The number of anilines is 1. The third-order valence-corrected chi connectivity index (χ3v) is 6.50. The molecule has 0 saturated heterocycles. The minimum atomic E-state index is -0.218. The van der Waals surface area contributed by atoms with Gasteiger partial charge < -0.3 is 4.90 Å². The Morgan fingerprint density at radius 2 is 0.929 bits per heavy atom. The Kier molecular flexibility index (Phi) is 3.01. The predicted molar refractivity (Wildman–Crippen MR) is 117 cm³/mol. The van der Waals surface area contributed by atoms with Gasteiger partial charge in [0.05, 0.1) is 5.41 Å². The number of hydrogen-bond donors (Lipinski definition) is 0. The summed E-state index contributed by atoms with van der Waals surface area (Å²) in [4.78, 5) is 2.18. The quantitative estimate of drug-likeness (QED) is 0.343. The van der Waals surface area contributed by atoms with E-state index in [0.717, 1.165) is 0 Å². The van der Waals surface area contributed by atoms with E-state index < -0.39 is 0 Å². The number of hydrogen-bond acceptors (Lipinski definition) is 1. The third-order valence-electron chi connectivity index (χ3n) is 6.50. The first-order valence-corrected chi connectivity index (χ1v) is 9.84. The minimum absolute atomic E-state index is 0.218. The van der Waals surface area contributed by atoms with Crippen LogP contribution >= 0.6 is 0 Å². The van der Waals surface area contributed by atoms with Crippen LogP contribution in [0.25, 0.3) is 22.3 Å². The number of rotatable bonds is 1. The zero-order valence-electron chi connectivity index (χ0n) is 16.1. The molecule has 2 aliphatic rings. The monoisotopic (exact) mass is 359 g/mol. The van der Waals surface area contributed by atoms with Gasteiger partial charge in [0.15, 0.2) is 0 Å². The van der Waals surface area contributed by atoms with Crippen LogP contribution in [0, 0.1) is 0 Å². The van der Waals surface area contributed by atoms with Gasteiger partial charge >= 0.3 is 0 Å². The summed E-state index contributed by atoms with van der Waals surface area (Å²) in [6.07, 6.45) is 0. The summed E-state index contributed by atoms with van der Waals surface area (Å²) in [5, 5.41) is 0. The lowest BCUT2D eigenvalue weighted by atomic mass is 9.70. The summed E-state index contributed by atoms with van der Waals surface area (Å²) < 4.78 is 0. The van der Waals surface area contributed by atoms with E-state index in [9.17, 15) is 0 Å². The molecule has 0 aliphatic heterocycles. The Hall–Kier alpha value is -3.32. The van der Waals surface area contributed by atoms with Crippen molar-refractivity contribution in [2.45, 2.75) is 5.41 Å². The first-order chi connectivity index (χ1) is 13.7. The second kappa shape index (κ2) is 5.36. The molecule has 1 heteroatoms. The van der Waals surface area contributed by atoms with Crippen LogP contribution in [-0.2, 0) is 5.41 Å². The van der Waals surface area contributed by atoms with E-state index in [4.69, 9.17) is 0 Å². The molecular weight excluding hydrogens is 338 g/mol.